The Bertz CT molecular complexity index is 900. The average Bonchev–Trinajstić information content (AvgIpc) is 2.73. The summed E-state index contributed by atoms with van der Waals surface area (Å²) in [6.07, 6.45) is 1.59. The summed E-state index contributed by atoms with van der Waals surface area (Å²) in [5, 5.41) is 3.38. The monoisotopic (exact) mass is 418 g/mol. The van der Waals surface area contributed by atoms with Gasteiger partial charge in [-0.2, -0.15) is 0 Å². The van der Waals surface area contributed by atoms with E-state index in [-0.39, 0.29) is 23.6 Å². The molecule has 3 rings (SSSR count). The van der Waals surface area contributed by atoms with Crippen molar-refractivity contribution in [3.8, 4) is 5.75 Å². The Balaban J connectivity index is 1.42. The molecule has 0 unspecified atom stereocenters. The van der Waals surface area contributed by atoms with Crippen molar-refractivity contribution in [2.45, 2.75) is 24.0 Å². The Hall–Kier alpha value is -2.58. The minimum absolute atomic E-state index is 0.114. The predicted octanol–water partition coefficient (Wildman–Crippen LogP) is 2.47. The van der Waals surface area contributed by atoms with E-state index in [1.165, 1.54) is 18.4 Å². The van der Waals surface area contributed by atoms with Crippen molar-refractivity contribution < 1.29 is 22.7 Å². The van der Waals surface area contributed by atoms with Gasteiger partial charge >= 0.3 is 6.09 Å². The van der Waals surface area contributed by atoms with Crippen LogP contribution < -0.4 is 10.1 Å². The number of piperazine rings is 1. The van der Waals surface area contributed by atoms with Crippen LogP contribution in [0.25, 0.3) is 0 Å². The van der Waals surface area contributed by atoms with Gasteiger partial charge < -0.3 is 19.7 Å². The van der Waals surface area contributed by atoms with Crippen LogP contribution in [0, 0.1) is 0 Å². The maximum atomic E-state index is 12.3. The van der Waals surface area contributed by atoms with Gasteiger partial charge in [0.05, 0.1) is 11.5 Å². The van der Waals surface area contributed by atoms with E-state index in [4.69, 9.17) is 9.47 Å². The van der Waals surface area contributed by atoms with Crippen molar-refractivity contribution in [3.05, 3.63) is 60.2 Å². The fourth-order valence-corrected chi connectivity index (χ4v) is 3.73. The van der Waals surface area contributed by atoms with E-state index >= 15 is 0 Å². The minimum Gasteiger partial charge on any atom is -0.494 e. The Morgan fingerprint density at radius 1 is 1.14 bits per heavy atom. The molecule has 0 radical (unpaired) electrons. The van der Waals surface area contributed by atoms with Crippen LogP contribution in [0.1, 0.15) is 12.0 Å². The SMILES string of the molecule is CS(=O)(=O)c1ccc(OCC[C@@H]2CN(C(=O)OCc3ccccc3)CCN2)cc1. The molecule has 1 aliphatic heterocycles. The first-order chi connectivity index (χ1) is 13.9. The molecule has 8 heteroatoms. The van der Waals surface area contributed by atoms with E-state index < -0.39 is 9.84 Å². The third kappa shape index (κ3) is 6.47. The molecule has 0 saturated carbocycles. The highest BCUT2D eigenvalue weighted by atomic mass is 32.2. The van der Waals surface area contributed by atoms with Gasteiger partial charge in [-0.3, -0.25) is 0 Å². The summed E-state index contributed by atoms with van der Waals surface area (Å²) >= 11 is 0. The van der Waals surface area contributed by atoms with Gasteiger partial charge in [-0.25, -0.2) is 13.2 Å². The van der Waals surface area contributed by atoms with Crippen LogP contribution in [-0.2, 0) is 21.2 Å². The van der Waals surface area contributed by atoms with Gasteiger partial charge in [-0.05, 0) is 36.2 Å². The molecule has 1 amide bonds. The molecule has 156 valence electrons. The van der Waals surface area contributed by atoms with Gasteiger partial charge in [0, 0.05) is 31.9 Å². The number of carbonyl (C=O) groups is 1. The maximum absolute atomic E-state index is 12.3. The van der Waals surface area contributed by atoms with Gasteiger partial charge in [-0.15, -0.1) is 0 Å². The van der Waals surface area contributed by atoms with E-state index in [0.29, 0.717) is 32.0 Å². The first-order valence-corrected chi connectivity index (χ1v) is 11.4. The summed E-state index contributed by atoms with van der Waals surface area (Å²) in [5.74, 6) is 0.618. The van der Waals surface area contributed by atoms with Gasteiger partial charge in [-0.1, -0.05) is 30.3 Å². The number of hydrogen-bond donors (Lipinski definition) is 1. The lowest BCUT2D eigenvalue weighted by molar-refractivity contribution is 0.0827. The van der Waals surface area contributed by atoms with E-state index in [0.717, 1.165) is 12.0 Å². The third-order valence-corrected chi connectivity index (χ3v) is 5.83. The van der Waals surface area contributed by atoms with E-state index in [2.05, 4.69) is 5.32 Å². The number of carbonyl (C=O) groups excluding carboxylic acids is 1. The summed E-state index contributed by atoms with van der Waals surface area (Å²) in [4.78, 5) is 14.3. The zero-order chi connectivity index (χ0) is 20.7. The highest BCUT2D eigenvalue weighted by molar-refractivity contribution is 7.90. The molecule has 1 atom stereocenters. The summed E-state index contributed by atoms with van der Waals surface area (Å²) in [5.41, 5.74) is 0.961. The second-order valence-corrected chi connectivity index (χ2v) is 9.03. The van der Waals surface area contributed by atoms with Crippen molar-refractivity contribution >= 4 is 15.9 Å². The topological polar surface area (TPSA) is 84.9 Å². The van der Waals surface area contributed by atoms with E-state index in [9.17, 15) is 13.2 Å². The Kier molecular flexibility index (Phi) is 7.11. The maximum Gasteiger partial charge on any atom is 0.410 e. The number of ether oxygens (including phenoxy) is 2. The number of benzene rings is 2. The second kappa shape index (κ2) is 9.76. The number of rotatable bonds is 7. The van der Waals surface area contributed by atoms with Gasteiger partial charge in [0.15, 0.2) is 9.84 Å². The summed E-state index contributed by atoms with van der Waals surface area (Å²) in [7, 11) is -3.21. The van der Waals surface area contributed by atoms with Crippen molar-refractivity contribution in [1.29, 1.82) is 0 Å². The smallest absolute Gasteiger partial charge is 0.410 e. The van der Waals surface area contributed by atoms with Gasteiger partial charge in [0.2, 0.25) is 0 Å². The molecule has 2 aromatic carbocycles. The first kappa shape index (κ1) is 21.1. The number of hydrogen-bond acceptors (Lipinski definition) is 6. The number of nitrogens with zero attached hydrogens (tertiary/aromatic N) is 1. The normalized spacial score (nSPS) is 17.0. The zero-order valence-corrected chi connectivity index (χ0v) is 17.2. The lowest BCUT2D eigenvalue weighted by Crippen LogP contribution is -2.53. The van der Waals surface area contributed by atoms with Crippen molar-refractivity contribution in [2.24, 2.45) is 0 Å². The lowest BCUT2D eigenvalue weighted by atomic mass is 10.1. The van der Waals surface area contributed by atoms with Crippen LogP contribution in [-0.4, -0.2) is 57.9 Å². The lowest BCUT2D eigenvalue weighted by Gasteiger charge is -2.33. The zero-order valence-electron chi connectivity index (χ0n) is 16.4. The second-order valence-electron chi connectivity index (χ2n) is 7.02. The molecule has 1 heterocycles. The molecule has 0 aliphatic carbocycles. The fraction of sp³-hybridized carbons (Fsp3) is 0.381. The number of nitrogens with one attached hydrogen (secondary N) is 1. The summed E-state index contributed by atoms with van der Waals surface area (Å²) in [6, 6.07) is 16.1. The van der Waals surface area contributed by atoms with Crippen LogP contribution in [0.4, 0.5) is 4.79 Å². The number of sulfone groups is 1. The molecule has 29 heavy (non-hydrogen) atoms. The van der Waals surface area contributed by atoms with Crippen LogP contribution >= 0.6 is 0 Å². The molecule has 1 saturated heterocycles. The van der Waals surface area contributed by atoms with E-state index in [1.807, 2.05) is 30.3 Å². The standard InChI is InChI=1S/C21H26N2O5S/c1-29(25,26)20-9-7-19(8-10-20)27-14-11-18-15-23(13-12-22-18)21(24)28-16-17-5-3-2-4-6-17/h2-10,18,22H,11-16H2,1H3/t18-/m1/s1. The van der Waals surface area contributed by atoms with Crippen LogP contribution in [0.5, 0.6) is 5.75 Å². The third-order valence-electron chi connectivity index (χ3n) is 4.71. The molecule has 1 fully saturated rings. The van der Waals surface area contributed by atoms with Crippen molar-refractivity contribution in [2.75, 3.05) is 32.5 Å². The van der Waals surface area contributed by atoms with Crippen molar-refractivity contribution in [1.82, 2.24) is 10.2 Å². The molecule has 0 spiro atoms. The van der Waals surface area contributed by atoms with Crippen molar-refractivity contribution in [3.63, 3.8) is 0 Å². The van der Waals surface area contributed by atoms with E-state index in [1.54, 1.807) is 17.0 Å². The first-order valence-electron chi connectivity index (χ1n) is 9.54. The highest BCUT2D eigenvalue weighted by Gasteiger charge is 2.24. The molecule has 1 aliphatic rings. The van der Waals surface area contributed by atoms with Gasteiger partial charge in [0.1, 0.15) is 12.4 Å². The molecule has 0 bridgehead atoms. The highest BCUT2D eigenvalue weighted by Crippen LogP contribution is 2.16. The quantitative estimate of drug-likeness (QED) is 0.744. The summed E-state index contributed by atoms with van der Waals surface area (Å²) in [6.45, 7) is 2.60. The molecular formula is C21H26N2O5S. The molecular weight excluding hydrogens is 392 g/mol. The average molecular weight is 419 g/mol. The van der Waals surface area contributed by atoms with Crippen LogP contribution in [0.3, 0.4) is 0 Å². The fourth-order valence-electron chi connectivity index (χ4n) is 3.10. The number of amides is 1. The van der Waals surface area contributed by atoms with Gasteiger partial charge in [0.25, 0.3) is 0 Å². The summed E-state index contributed by atoms with van der Waals surface area (Å²) < 4.78 is 34.1. The van der Waals surface area contributed by atoms with Crippen LogP contribution in [0.2, 0.25) is 0 Å². The predicted molar refractivity (Wildman–Crippen MR) is 110 cm³/mol. The Morgan fingerprint density at radius 3 is 2.55 bits per heavy atom. The molecule has 0 aromatic heterocycles. The Morgan fingerprint density at radius 2 is 1.86 bits per heavy atom. The molecule has 2 aromatic rings. The van der Waals surface area contributed by atoms with Crippen LogP contribution in [0.15, 0.2) is 59.5 Å². The molecule has 1 N–H and O–H groups in total. The largest absolute Gasteiger partial charge is 0.494 e. The Labute approximate surface area is 171 Å². The minimum atomic E-state index is -3.21. The molecule has 7 nitrogen and oxygen atoms in total.